The second-order valence-electron chi connectivity index (χ2n) is 6.71. The molecule has 0 aliphatic rings. The van der Waals surface area contributed by atoms with Crippen LogP contribution in [0.1, 0.15) is 21.6 Å². The van der Waals surface area contributed by atoms with E-state index >= 15 is 0 Å². The number of fused-ring (bicyclic) bond motifs is 1. The molecule has 0 saturated carbocycles. The number of hydrogen-bond donors (Lipinski definition) is 1. The summed E-state index contributed by atoms with van der Waals surface area (Å²) in [5, 5.41) is 4.19. The number of nitrogens with one attached hydrogen (secondary N) is 1. The summed E-state index contributed by atoms with van der Waals surface area (Å²) in [6.07, 6.45) is 3.43. The summed E-state index contributed by atoms with van der Waals surface area (Å²) in [5.41, 5.74) is 2.98. The van der Waals surface area contributed by atoms with Crippen LogP contribution in [-0.2, 0) is 0 Å². The predicted octanol–water partition coefficient (Wildman–Crippen LogP) is 6.60. The summed E-state index contributed by atoms with van der Waals surface area (Å²) >= 11 is 12.3. The second kappa shape index (κ2) is 8.30. The lowest BCUT2D eigenvalue weighted by Crippen LogP contribution is -2.13. The number of anilines is 1. The quantitative estimate of drug-likeness (QED) is 0.390. The Bertz CT molecular complexity index is 1250. The molecule has 2 aromatic carbocycles. The number of ether oxygens (including phenoxy) is 1. The molecule has 7 heteroatoms. The molecular formula is C23H17Cl2N3O2. The first kappa shape index (κ1) is 20.1. The Hall–Kier alpha value is -3.15. The zero-order chi connectivity index (χ0) is 21.3. The van der Waals surface area contributed by atoms with Gasteiger partial charge in [0.15, 0.2) is 0 Å². The van der Waals surface area contributed by atoms with E-state index in [1.807, 2.05) is 38.1 Å². The van der Waals surface area contributed by atoms with Crippen molar-refractivity contribution in [3.8, 4) is 11.5 Å². The van der Waals surface area contributed by atoms with Gasteiger partial charge in [-0.3, -0.25) is 14.8 Å². The number of benzene rings is 2. The van der Waals surface area contributed by atoms with Gasteiger partial charge in [0, 0.05) is 23.3 Å². The van der Waals surface area contributed by atoms with Crippen molar-refractivity contribution in [2.45, 2.75) is 13.8 Å². The second-order valence-corrected chi connectivity index (χ2v) is 7.53. The van der Waals surface area contributed by atoms with E-state index in [0.29, 0.717) is 22.7 Å². The van der Waals surface area contributed by atoms with Crippen LogP contribution in [0.3, 0.4) is 0 Å². The number of aromatic nitrogens is 2. The number of pyridine rings is 2. The number of carbonyl (C=O) groups is 1. The van der Waals surface area contributed by atoms with E-state index in [0.717, 1.165) is 16.6 Å². The van der Waals surface area contributed by atoms with Gasteiger partial charge in [0.2, 0.25) is 0 Å². The van der Waals surface area contributed by atoms with Crippen LogP contribution < -0.4 is 10.1 Å². The third-order valence-corrected chi connectivity index (χ3v) is 5.26. The van der Waals surface area contributed by atoms with Crippen LogP contribution in [0, 0.1) is 13.8 Å². The van der Waals surface area contributed by atoms with Gasteiger partial charge in [0.05, 0.1) is 32.5 Å². The minimum atomic E-state index is -0.411. The lowest BCUT2D eigenvalue weighted by molar-refractivity contribution is 0.102. The largest absolute Gasteiger partial charge is 0.454 e. The lowest BCUT2D eigenvalue weighted by atomic mass is 10.1. The highest BCUT2D eigenvalue weighted by atomic mass is 35.5. The Morgan fingerprint density at radius 3 is 2.43 bits per heavy atom. The van der Waals surface area contributed by atoms with Crippen LogP contribution in [0.5, 0.6) is 11.5 Å². The summed E-state index contributed by atoms with van der Waals surface area (Å²) in [7, 11) is 0. The van der Waals surface area contributed by atoms with Crippen molar-refractivity contribution in [1.29, 1.82) is 0 Å². The minimum Gasteiger partial charge on any atom is -0.454 e. The Labute approximate surface area is 183 Å². The maximum atomic E-state index is 12.8. The molecular weight excluding hydrogens is 421 g/mol. The Kier molecular flexibility index (Phi) is 5.57. The van der Waals surface area contributed by atoms with Crippen LogP contribution in [0.2, 0.25) is 10.0 Å². The number of halogens is 2. The summed E-state index contributed by atoms with van der Waals surface area (Å²) in [4.78, 5) is 21.6. The van der Waals surface area contributed by atoms with Crippen molar-refractivity contribution >= 4 is 45.7 Å². The maximum absolute atomic E-state index is 12.8. The standard InChI is InChI=1S/C23H17Cl2N3O2/c1-13-12-27-21-15(22(13)30-19-10-5-11-26-14(19)2)6-3-9-18(21)28-23(29)20-16(24)7-4-8-17(20)25/h3-12H,1-2H3,(H,28,29). The highest BCUT2D eigenvalue weighted by molar-refractivity contribution is 6.40. The van der Waals surface area contributed by atoms with Gasteiger partial charge in [0.25, 0.3) is 5.91 Å². The topological polar surface area (TPSA) is 64.1 Å². The molecule has 0 fully saturated rings. The summed E-state index contributed by atoms with van der Waals surface area (Å²) in [5.74, 6) is 0.902. The first-order chi connectivity index (χ1) is 14.5. The summed E-state index contributed by atoms with van der Waals surface area (Å²) in [6, 6.07) is 14.1. The van der Waals surface area contributed by atoms with Gasteiger partial charge in [0.1, 0.15) is 11.5 Å². The molecule has 0 atom stereocenters. The molecule has 1 amide bonds. The fourth-order valence-corrected chi connectivity index (χ4v) is 3.69. The van der Waals surface area contributed by atoms with Gasteiger partial charge in [-0.25, -0.2) is 0 Å². The van der Waals surface area contributed by atoms with Gasteiger partial charge in [-0.15, -0.1) is 0 Å². The Morgan fingerprint density at radius 2 is 1.70 bits per heavy atom. The van der Waals surface area contributed by atoms with Crippen molar-refractivity contribution < 1.29 is 9.53 Å². The van der Waals surface area contributed by atoms with Gasteiger partial charge in [-0.1, -0.05) is 35.3 Å². The molecule has 0 saturated heterocycles. The lowest BCUT2D eigenvalue weighted by Gasteiger charge is -2.15. The summed E-state index contributed by atoms with van der Waals surface area (Å²) < 4.78 is 6.18. The Morgan fingerprint density at radius 1 is 0.967 bits per heavy atom. The van der Waals surface area contributed by atoms with Crippen molar-refractivity contribution in [2.24, 2.45) is 0 Å². The third-order valence-electron chi connectivity index (χ3n) is 4.63. The molecule has 0 aliphatic carbocycles. The van der Waals surface area contributed by atoms with Crippen LogP contribution in [0.4, 0.5) is 5.69 Å². The molecule has 0 bridgehead atoms. The monoisotopic (exact) mass is 437 g/mol. The number of hydrogen-bond acceptors (Lipinski definition) is 4. The number of carbonyl (C=O) groups excluding carboxylic acids is 1. The predicted molar refractivity (Wildman–Crippen MR) is 120 cm³/mol. The number of aryl methyl sites for hydroxylation is 2. The molecule has 0 aliphatic heterocycles. The first-order valence-electron chi connectivity index (χ1n) is 9.19. The number of para-hydroxylation sites is 1. The molecule has 0 unspecified atom stereocenters. The molecule has 4 rings (SSSR count). The van der Waals surface area contributed by atoms with Crippen molar-refractivity contribution in [1.82, 2.24) is 9.97 Å². The molecule has 1 N–H and O–H groups in total. The molecule has 150 valence electrons. The maximum Gasteiger partial charge on any atom is 0.258 e. The average molecular weight is 438 g/mol. The SMILES string of the molecule is Cc1cnc2c(NC(=O)c3c(Cl)cccc3Cl)cccc2c1Oc1cccnc1C. The number of rotatable bonds is 4. The highest BCUT2D eigenvalue weighted by Crippen LogP contribution is 2.36. The van der Waals surface area contributed by atoms with Gasteiger partial charge >= 0.3 is 0 Å². The fourth-order valence-electron chi connectivity index (χ4n) is 3.12. The van der Waals surface area contributed by atoms with E-state index in [2.05, 4.69) is 15.3 Å². The third kappa shape index (κ3) is 3.82. The molecule has 2 heterocycles. The fraction of sp³-hybridized carbons (Fsp3) is 0.0870. The van der Waals surface area contributed by atoms with Gasteiger partial charge in [-0.2, -0.15) is 0 Å². The molecule has 30 heavy (non-hydrogen) atoms. The van der Waals surface area contributed by atoms with Crippen LogP contribution in [0.25, 0.3) is 10.9 Å². The Balaban J connectivity index is 1.76. The zero-order valence-electron chi connectivity index (χ0n) is 16.2. The molecule has 4 aromatic rings. The van der Waals surface area contributed by atoms with Crippen molar-refractivity contribution in [3.63, 3.8) is 0 Å². The van der Waals surface area contributed by atoms with E-state index < -0.39 is 5.91 Å². The average Bonchev–Trinajstić information content (AvgIpc) is 2.71. The molecule has 5 nitrogen and oxygen atoms in total. The minimum absolute atomic E-state index is 0.215. The van der Waals surface area contributed by atoms with Crippen molar-refractivity contribution in [3.05, 3.63) is 87.8 Å². The van der Waals surface area contributed by atoms with E-state index in [9.17, 15) is 4.79 Å². The first-order valence-corrected chi connectivity index (χ1v) is 9.94. The van der Waals surface area contributed by atoms with Gasteiger partial charge < -0.3 is 10.1 Å². The van der Waals surface area contributed by atoms with Crippen LogP contribution in [-0.4, -0.2) is 15.9 Å². The molecule has 0 spiro atoms. The summed E-state index contributed by atoms with van der Waals surface area (Å²) in [6.45, 7) is 3.80. The van der Waals surface area contributed by atoms with Crippen molar-refractivity contribution in [2.75, 3.05) is 5.32 Å². The van der Waals surface area contributed by atoms with E-state index in [1.54, 1.807) is 36.7 Å². The van der Waals surface area contributed by atoms with Crippen LogP contribution in [0.15, 0.2) is 60.9 Å². The van der Waals surface area contributed by atoms with Crippen LogP contribution >= 0.6 is 23.2 Å². The zero-order valence-corrected chi connectivity index (χ0v) is 17.8. The molecule has 2 aromatic heterocycles. The number of amides is 1. The van der Waals surface area contributed by atoms with E-state index in [4.69, 9.17) is 27.9 Å². The van der Waals surface area contributed by atoms with E-state index in [-0.39, 0.29) is 15.6 Å². The normalized spacial score (nSPS) is 10.8. The van der Waals surface area contributed by atoms with E-state index in [1.165, 1.54) is 0 Å². The number of nitrogens with zero attached hydrogens (tertiary/aromatic N) is 2. The van der Waals surface area contributed by atoms with Gasteiger partial charge in [-0.05, 0) is 50.2 Å². The smallest absolute Gasteiger partial charge is 0.258 e. The molecule has 0 radical (unpaired) electrons. The highest BCUT2D eigenvalue weighted by Gasteiger charge is 2.18.